The van der Waals surface area contributed by atoms with E-state index in [4.69, 9.17) is 10.2 Å². The molecule has 0 saturated carbocycles. The average Bonchev–Trinajstić information content (AvgIpc) is 2.83. The fourth-order valence-corrected chi connectivity index (χ4v) is 2.18. The summed E-state index contributed by atoms with van der Waals surface area (Å²) in [4.78, 5) is 4.50. The van der Waals surface area contributed by atoms with Gasteiger partial charge in [-0.1, -0.05) is 0 Å². The highest BCUT2D eigenvalue weighted by Crippen LogP contribution is 2.25. The summed E-state index contributed by atoms with van der Waals surface area (Å²) in [6.07, 6.45) is 1.94. The quantitative estimate of drug-likeness (QED) is 0.865. The second-order valence-corrected chi connectivity index (χ2v) is 4.30. The van der Waals surface area contributed by atoms with E-state index in [9.17, 15) is 0 Å². The molecule has 0 fully saturated rings. The molecule has 0 aromatic carbocycles. The van der Waals surface area contributed by atoms with Crippen LogP contribution in [0.2, 0.25) is 0 Å². The highest BCUT2D eigenvalue weighted by atomic mass is 32.1. The van der Waals surface area contributed by atoms with Crippen molar-refractivity contribution in [2.24, 2.45) is 5.73 Å². The summed E-state index contributed by atoms with van der Waals surface area (Å²) in [6, 6.07) is 3.91. The molecule has 2 rings (SSSR count). The van der Waals surface area contributed by atoms with Crippen molar-refractivity contribution in [3.8, 4) is 10.8 Å². The molecule has 0 unspecified atom stereocenters. The summed E-state index contributed by atoms with van der Waals surface area (Å²) in [7, 11) is 0. The van der Waals surface area contributed by atoms with E-state index >= 15 is 0 Å². The second-order valence-electron chi connectivity index (χ2n) is 3.45. The van der Waals surface area contributed by atoms with Gasteiger partial charge < -0.3 is 10.2 Å². The molecule has 0 radical (unpaired) electrons. The minimum atomic E-state index is 0.715. The van der Waals surface area contributed by atoms with E-state index in [1.54, 1.807) is 11.3 Å². The number of nitrogens with two attached hydrogens (primary N) is 1. The highest BCUT2D eigenvalue weighted by molar-refractivity contribution is 7.13. The number of rotatable bonds is 4. The normalized spacial score (nSPS) is 10.8. The van der Waals surface area contributed by atoms with Crippen LogP contribution in [-0.2, 0) is 6.42 Å². The molecule has 4 heteroatoms. The van der Waals surface area contributed by atoms with Crippen LogP contribution in [0.15, 0.2) is 21.9 Å². The topological polar surface area (TPSA) is 52.0 Å². The largest absolute Gasteiger partial charge is 0.459 e. The average molecular weight is 222 g/mol. The van der Waals surface area contributed by atoms with E-state index in [1.165, 1.54) is 0 Å². The van der Waals surface area contributed by atoms with Crippen LogP contribution in [0.1, 0.15) is 17.9 Å². The van der Waals surface area contributed by atoms with Crippen molar-refractivity contribution in [1.82, 2.24) is 4.98 Å². The number of furan rings is 1. The lowest BCUT2D eigenvalue weighted by molar-refractivity contribution is 0.547. The first-order valence-corrected chi connectivity index (χ1v) is 5.89. The molecule has 0 bridgehead atoms. The van der Waals surface area contributed by atoms with Crippen LogP contribution in [0.3, 0.4) is 0 Å². The molecule has 3 nitrogen and oxygen atoms in total. The molecule has 2 N–H and O–H groups in total. The highest BCUT2D eigenvalue weighted by Gasteiger charge is 2.07. The Balaban J connectivity index is 2.13. The lowest BCUT2D eigenvalue weighted by atomic mass is 10.2. The Morgan fingerprint density at radius 3 is 3.00 bits per heavy atom. The van der Waals surface area contributed by atoms with E-state index in [-0.39, 0.29) is 0 Å². The predicted molar refractivity (Wildman–Crippen MR) is 61.9 cm³/mol. The van der Waals surface area contributed by atoms with Crippen molar-refractivity contribution >= 4 is 11.3 Å². The number of nitrogens with zero attached hydrogens (tertiary/aromatic N) is 1. The third-order valence-electron chi connectivity index (χ3n) is 2.14. The van der Waals surface area contributed by atoms with E-state index in [1.807, 2.05) is 19.1 Å². The van der Waals surface area contributed by atoms with Crippen LogP contribution < -0.4 is 5.73 Å². The molecular formula is C11H14N2OS. The number of thiazole rings is 1. The maximum absolute atomic E-state index is 5.51. The third-order valence-corrected chi connectivity index (χ3v) is 3.05. The maximum atomic E-state index is 5.51. The predicted octanol–water partition coefficient (Wildman–Crippen LogP) is 2.60. The number of hydrogen-bond acceptors (Lipinski definition) is 4. The Morgan fingerprint density at radius 2 is 2.33 bits per heavy atom. The van der Waals surface area contributed by atoms with Crippen molar-refractivity contribution < 1.29 is 4.42 Å². The van der Waals surface area contributed by atoms with E-state index in [0.717, 1.165) is 35.1 Å². The number of aryl methyl sites for hydroxylation is 2. The van der Waals surface area contributed by atoms with E-state index in [0.29, 0.717) is 6.54 Å². The van der Waals surface area contributed by atoms with Crippen molar-refractivity contribution in [2.45, 2.75) is 19.8 Å². The van der Waals surface area contributed by atoms with Crippen LogP contribution in [-0.4, -0.2) is 11.5 Å². The first-order chi connectivity index (χ1) is 7.29. The van der Waals surface area contributed by atoms with Crippen molar-refractivity contribution in [2.75, 3.05) is 6.54 Å². The Morgan fingerprint density at radius 1 is 1.47 bits per heavy atom. The summed E-state index contributed by atoms with van der Waals surface area (Å²) in [6.45, 7) is 2.65. The molecule has 2 heterocycles. The van der Waals surface area contributed by atoms with Crippen LogP contribution in [0.4, 0.5) is 0 Å². The van der Waals surface area contributed by atoms with E-state index < -0.39 is 0 Å². The molecule has 0 aliphatic carbocycles. The van der Waals surface area contributed by atoms with Crippen molar-refractivity contribution in [3.05, 3.63) is 29.0 Å². The molecule has 0 spiro atoms. The van der Waals surface area contributed by atoms with Gasteiger partial charge in [0.1, 0.15) is 5.76 Å². The number of aromatic nitrogens is 1. The first-order valence-electron chi connectivity index (χ1n) is 5.01. The van der Waals surface area contributed by atoms with Crippen molar-refractivity contribution in [1.29, 1.82) is 0 Å². The lowest BCUT2D eigenvalue weighted by Crippen LogP contribution is -2.00. The molecule has 0 atom stereocenters. The molecule has 80 valence electrons. The first kappa shape index (κ1) is 10.4. The Bertz CT molecular complexity index is 433. The van der Waals surface area contributed by atoms with Gasteiger partial charge in [-0.2, -0.15) is 0 Å². The van der Waals surface area contributed by atoms with E-state index in [2.05, 4.69) is 10.4 Å². The minimum absolute atomic E-state index is 0.715. The van der Waals surface area contributed by atoms with Gasteiger partial charge in [0.2, 0.25) is 0 Å². The Hall–Kier alpha value is -1.13. The zero-order valence-electron chi connectivity index (χ0n) is 8.69. The zero-order chi connectivity index (χ0) is 10.7. The van der Waals surface area contributed by atoms with Gasteiger partial charge in [0.15, 0.2) is 10.8 Å². The van der Waals surface area contributed by atoms with Gasteiger partial charge in [0.25, 0.3) is 0 Å². The van der Waals surface area contributed by atoms with Gasteiger partial charge in [-0.3, -0.25) is 0 Å². The second kappa shape index (κ2) is 4.59. The SMILES string of the molecule is Cc1ccc(-c2nc(CCCN)cs2)o1. The van der Waals surface area contributed by atoms with Crippen molar-refractivity contribution in [3.63, 3.8) is 0 Å². The molecule has 2 aromatic rings. The molecular weight excluding hydrogens is 208 g/mol. The standard InChI is InChI=1S/C11H14N2OS/c1-8-4-5-10(14-8)11-13-9(7-15-11)3-2-6-12/h4-5,7H,2-3,6,12H2,1H3. The molecule has 0 saturated heterocycles. The summed E-state index contributed by atoms with van der Waals surface area (Å²) in [5, 5.41) is 3.03. The Labute approximate surface area is 92.9 Å². The molecule has 0 aliphatic rings. The molecule has 15 heavy (non-hydrogen) atoms. The Kier molecular flexibility index (Phi) is 3.18. The third kappa shape index (κ3) is 2.46. The van der Waals surface area contributed by atoms with Gasteiger partial charge in [0.05, 0.1) is 5.69 Å². The molecule has 2 aromatic heterocycles. The summed E-state index contributed by atoms with van der Waals surface area (Å²) >= 11 is 1.62. The van der Waals surface area contributed by atoms with Crippen LogP contribution in [0.5, 0.6) is 0 Å². The van der Waals surface area contributed by atoms with Gasteiger partial charge in [-0.15, -0.1) is 11.3 Å². The van der Waals surface area contributed by atoms with Gasteiger partial charge >= 0.3 is 0 Å². The molecule has 0 aliphatic heterocycles. The minimum Gasteiger partial charge on any atom is -0.459 e. The van der Waals surface area contributed by atoms with Crippen LogP contribution in [0, 0.1) is 6.92 Å². The summed E-state index contributed by atoms with van der Waals surface area (Å²) < 4.78 is 5.51. The smallest absolute Gasteiger partial charge is 0.162 e. The monoisotopic (exact) mass is 222 g/mol. The van der Waals surface area contributed by atoms with Gasteiger partial charge in [0, 0.05) is 5.38 Å². The zero-order valence-corrected chi connectivity index (χ0v) is 9.51. The lowest BCUT2D eigenvalue weighted by Gasteiger charge is -1.92. The van der Waals surface area contributed by atoms with Gasteiger partial charge in [-0.25, -0.2) is 4.98 Å². The van der Waals surface area contributed by atoms with Gasteiger partial charge in [-0.05, 0) is 38.4 Å². The van der Waals surface area contributed by atoms with Crippen LogP contribution in [0.25, 0.3) is 10.8 Å². The summed E-state index contributed by atoms with van der Waals surface area (Å²) in [5.41, 5.74) is 6.56. The fraction of sp³-hybridized carbons (Fsp3) is 0.364. The maximum Gasteiger partial charge on any atom is 0.162 e. The fourth-order valence-electron chi connectivity index (χ4n) is 1.37. The number of hydrogen-bond donors (Lipinski definition) is 1. The van der Waals surface area contributed by atoms with Crippen LogP contribution >= 0.6 is 11.3 Å². The summed E-state index contributed by atoms with van der Waals surface area (Å²) in [5.74, 6) is 1.78. The molecule has 0 amide bonds.